The quantitative estimate of drug-likeness (QED) is 0.822. The van der Waals surface area contributed by atoms with Gasteiger partial charge in [0.1, 0.15) is 0 Å². The maximum absolute atomic E-state index is 5.83. The Labute approximate surface area is 128 Å². The molecule has 3 nitrogen and oxygen atoms in total. The van der Waals surface area contributed by atoms with Gasteiger partial charge in [-0.05, 0) is 43.6 Å². The van der Waals surface area contributed by atoms with E-state index in [1.54, 1.807) is 0 Å². The number of nitrogens with one attached hydrogen (secondary N) is 1. The molecule has 110 valence electrons. The van der Waals surface area contributed by atoms with Crippen molar-refractivity contribution in [1.82, 2.24) is 10.2 Å². The number of nitrogens with zero attached hydrogens (tertiary/aromatic N) is 1. The number of nitrogens with two attached hydrogens (primary N) is 1. The van der Waals surface area contributed by atoms with Gasteiger partial charge in [-0.15, -0.1) is 24.8 Å². The minimum atomic E-state index is 0. The topological polar surface area (TPSA) is 41.3 Å². The van der Waals surface area contributed by atoms with E-state index in [0.29, 0.717) is 6.04 Å². The Bertz CT molecular complexity index is 354. The summed E-state index contributed by atoms with van der Waals surface area (Å²) in [6.07, 6.45) is 2.47. The van der Waals surface area contributed by atoms with Gasteiger partial charge in [0.25, 0.3) is 0 Å². The van der Waals surface area contributed by atoms with E-state index < -0.39 is 0 Å². The van der Waals surface area contributed by atoms with Crippen molar-refractivity contribution in [1.29, 1.82) is 0 Å². The summed E-state index contributed by atoms with van der Waals surface area (Å²) in [5, 5.41) is 3.44. The average Bonchev–Trinajstić information content (AvgIpc) is 2.82. The summed E-state index contributed by atoms with van der Waals surface area (Å²) >= 11 is 0. The molecule has 0 spiro atoms. The number of benzene rings is 1. The molecule has 1 aromatic carbocycles. The highest BCUT2D eigenvalue weighted by molar-refractivity contribution is 5.85. The molecule has 1 atom stereocenters. The third-order valence-corrected chi connectivity index (χ3v) is 3.40. The highest BCUT2D eigenvalue weighted by atomic mass is 35.5. The Balaban J connectivity index is 0.00000162. The Kier molecular flexibility index (Phi) is 9.19. The van der Waals surface area contributed by atoms with Crippen LogP contribution in [0.4, 0.5) is 5.69 Å². The fourth-order valence-electron chi connectivity index (χ4n) is 2.56. The molecule has 0 radical (unpaired) electrons. The van der Waals surface area contributed by atoms with Crippen molar-refractivity contribution in [2.75, 3.05) is 25.4 Å². The van der Waals surface area contributed by atoms with Gasteiger partial charge >= 0.3 is 0 Å². The summed E-state index contributed by atoms with van der Waals surface area (Å²) in [5.74, 6) is 0. The van der Waals surface area contributed by atoms with Gasteiger partial charge < -0.3 is 11.1 Å². The van der Waals surface area contributed by atoms with Crippen LogP contribution < -0.4 is 11.1 Å². The van der Waals surface area contributed by atoms with Crippen molar-refractivity contribution >= 4 is 30.5 Å². The van der Waals surface area contributed by atoms with Crippen molar-refractivity contribution in [3.63, 3.8) is 0 Å². The van der Waals surface area contributed by atoms with Crippen LogP contribution in [0.5, 0.6) is 0 Å². The minimum absolute atomic E-state index is 0. The Hall–Kier alpha value is -0.480. The number of halogens is 2. The lowest BCUT2D eigenvalue weighted by molar-refractivity contribution is 0.199. The summed E-state index contributed by atoms with van der Waals surface area (Å²) < 4.78 is 0. The molecule has 1 aromatic rings. The Morgan fingerprint density at radius 1 is 1.37 bits per heavy atom. The van der Waals surface area contributed by atoms with E-state index in [1.165, 1.54) is 24.9 Å². The van der Waals surface area contributed by atoms with E-state index in [2.05, 4.69) is 29.3 Å². The van der Waals surface area contributed by atoms with Gasteiger partial charge in [-0.2, -0.15) is 0 Å². The molecule has 1 aliphatic heterocycles. The molecule has 2 rings (SSSR count). The first kappa shape index (κ1) is 18.5. The molecular weight excluding hydrogens is 281 g/mol. The third kappa shape index (κ3) is 5.57. The van der Waals surface area contributed by atoms with Gasteiger partial charge in [0.2, 0.25) is 0 Å². The first-order valence-corrected chi connectivity index (χ1v) is 6.58. The molecule has 19 heavy (non-hydrogen) atoms. The van der Waals surface area contributed by atoms with Crippen LogP contribution in [0, 0.1) is 0 Å². The van der Waals surface area contributed by atoms with Crippen LogP contribution in [0.2, 0.25) is 0 Å². The van der Waals surface area contributed by atoms with Gasteiger partial charge in [-0.25, -0.2) is 0 Å². The molecule has 1 aliphatic rings. The van der Waals surface area contributed by atoms with Crippen molar-refractivity contribution in [3.8, 4) is 0 Å². The van der Waals surface area contributed by atoms with Crippen molar-refractivity contribution in [2.45, 2.75) is 32.4 Å². The number of nitrogen functional groups attached to an aromatic ring is 1. The fourth-order valence-corrected chi connectivity index (χ4v) is 2.56. The predicted molar refractivity (Wildman–Crippen MR) is 87.3 cm³/mol. The highest BCUT2D eigenvalue weighted by Crippen LogP contribution is 2.15. The van der Waals surface area contributed by atoms with E-state index in [1.807, 2.05) is 12.1 Å². The first-order chi connectivity index (χ1) is 8.29. The first-order valence-electron chi connectivity index (χ1n) is 6.58. The van der Waals surface area contributed by atoms with Crippen LogP contribution in [0.3, 0.4) is 0 Å². The van der Waals surface area contributed by atoms with E-state index in [9.17, 15) is 0 Å². The number of rotatable bonds is 5. The van der Waals surface area contributed by atoms with Gasteiger partial charge in [-0.1, -0.05) is 19.1 Å². The van der Waals surface area contributed by atoms with E-state index >= 15 is 0 Å². The largest absolute Gasteiger partial charge is 0.399 e. The number of hydrogen-bond donors (Lipinski definition) is 2. The van der Waals surface area contributed by atoms with Gasteiger partial charge in [0.15, 0.2) is 0 Å². The van der Waals surface area contributed by atoms with Crippen LogP contribution in [-0.2, 0) is 6.54 Å². The van der Waals surface area contributed by atoms with E-state index in [0.717, 1.165) is 25.3 Å². The standard InChI is InChI=1S/C14H23N3.2ClH/c1-2-8-17(14-6-7-16-10-14)11-12-4-3-5-13(15)9-12;;/h3-5,9,14,16H,2,6-8,10-11,15H2,1H3;2*1H. The van der Waals surface area contributed by atoms with Crippen molar-refractivity contribution in [3.05, 3.63) is 29.8 Å². The molecule has 1 unspecified atom stereocenters. The van der Waals surface area contributed by atoms with E-state index in [4.69, 9.17) is 5.73 Å². The minimum Gasteiger partial charge on any atom is -0.399 e. The lowest BCUT2D eigenvalue weighted by Crippen LogP contribution is -2.36. The number of hydrogen-bond acceptors (Lipinski definition) is 3. The molecular formula is C14H25Cl2N3. The van der Waals surface area contributed by atoms with Gasteiger partial charge in [-0.3, -0.25) is 4.90 Å². The van der Waals surface area contributed by atoms with Gasteiger partial charge in [0.05, 0.1) is 0 Å². The smallest absolute Gasteiger partial charge is 0.0317 e. The maximum Gasteiger partial charge on any atom is 0.0317 e. The van der Waals surface area contributed by atoms with Crippen molar-refractivity contribution in [2.24, 2.45) is 0 Å². The predicted octanol–water partition coefficient (Wildman–Crippen LogP) is 2.69. The zero-order chi connectivity index (χ0) is 12.1. The number of anilines is 1. The summed E-state index contributed by atoms with van der Waals surface area (Å²) in [6.45, 7) is 6.71. The molecule has 0 saturated carbocycles. The second-order valence-electron chi connectivity index (χ2n) is 4.86. The normalized spacial score (nSPS) is 17.9. The lowest BCUT2D eigenvalue weighted by atomic mass is 10.1. The highest BCUT2D eigenvalue weighted by Gasteiger charge is 2.21. The van der Waals surface area contributed by atoms with Crippen LogP contribution >= 0.6 is 24.8 Å². The molecule has 0 aromatic heterocycles. The second kappa shape index (κ2) is 9.43. The van der Waals surface area contributed by atoms with Crippen LogP contribution in [-0.4, -0.2) is 30.6 Å². The van der Waals surface area contributed by atoms with Crippen LogP contribution in [0.25, 0.3) is 0 Å². The molecule has 1 fully saturated rings. The Morgan fingerprint density at radius 2 is 2.16 bits per heavy atom. The fraction of sp³-hybridized carbons (Fsp3) is 0.571. The molecule has 0 amide bonds. The zero-order valence-corrected chi connectivity index (χ0v) is 13.1. The van der Waals surface area contributed by atoms with Crippen LogP contribution in [0.15, 0.2) is 24.3 Å². The molecule has 5 heteroatoms. The zero-order valence-electron chi connectivity index (χ0n) is 11.5. The molecule has 1 heterocycles. The Morgan fingerprint density at radius 3 is 2.74 bits per heavy atom. The second-order valence-corrected chi connectivity index (χ2v) is 4.86. The summed E-state index contributed by atoms with van der Waals surface area (Å²) in [6, 6.07) is 8.94. The summed E-state index contributed by atoms with van der Waals surface area (Å²) in [7, 11) is 0. The third-order valence-electron chi connectivity index (χ3n) is 3.40. The monoisotopic (exact) mass is 305 g/mol. The van der Waals surface area contributed by atoms with E-state index in [-0.39, 0.29) is 24.8 Å². The average molecular weight is 306 g/mol. The lowest BCUT2D eigenvalue weighted by Gasteiger charge is -2.28. The van der Waals surface area contributed by atoms with Crippen LogP contribution in [0.1, 0.15) is 25.3 Å². The SMILES string of the molecule is CCCN(Cc1cccc(N)c1)C1CCNC1.Cl.Cl. The van der Waals surface area contributed by atoms with Crippen molar-refractivity contribution < 1.29 is 0 Å². The molecule has 1 saturated heterocycles. The summed E-state index contributed by atoms with van der Waals surface area (Å²) in [5.41, 5.74) is 8.02. The summed E-state index contributed by atoms with van der Waals surface area (Å²) in [4.78, 5) is 2.58. The molecule has 0 bridgehead atoms. The molecule has 0 aliphatic carbocycles. The van der Waals surface area contributed by atoms with Gasteiger partial charge in [0, 0.05) is 24.8 Å². The maximum atomic E-state index is 5.83. The molecule has 3 N–H and O–H groups in total.